The molecule has 0 spiro atoms. The Bertz CT molecular complexity index is 1070. The molecule has 1 saturated heterocycles. The third-order valence-corrected chi connectivity index (χ3v) is 6.78. The zero-order valence-corrected chi connectivity index (χ0v) is 18.4. The van der Waals surface area contributed by atoms with Gasteiger partial charge in [0.1, 0.15) is 12.5 Å². The molecule has 5 heteroatoms. The quantitative estimate of drug-likeness (QED) is 0.748. The molecule has 1 unspecified atom stereocenters. The van der Waals surface area contributed by atoms with Crippen molar-refractivity contribution in [3.8, 4) is 5.75 Å². The van der Waals surface area contributed by atoms with Crippen molar-refractivity contribution in [3.05, 3.63) is 64.9 Å². The van der Waals surface area contributed by atoms with Crippen molar-refractivity contribution in [1.29, 1.82) is 0 Å². The first-order valence-corrected chi connectivity index (χ1v) is 11.2. The zero-order chi connectivity index (χ0) is 21.4. The number of carbonyl (C=O) groups excluding carboxylic acids is 1. The summed E-state index contributed by atoms with van der Waals surface area (Å²) < 4.78 is 11.9. The van der Waals surface area contributed by atoms with Crippen LogP contribution in [0.25, 0.3) is 10.8 Å². The summed E-state index contributed by atoms with van der Waals surface area (Å²) in [6, 6.07) is 10.6. The number of likely N-dealkylation sites (N-methyl/N-ethyl adjacent to an activating group) is 1. The molecule has 0 amide bonds. The second-order valence-electron chi connectivity index (χ2n) is 8.94. The number of allylic oxidation sites excluding steroid dienone is 3. The topological polar surface area (TPSA) is 42.0 Å². The molecular weight excluding hydrogens is 388 g/mol. The molecule has 3 aliphatic rings. The summed E-state index contributed by atoms with van der Waals surface area (Å²) in [5.41, 5.74) is 4.52. The predicted octanol–water partition coefficient (Wildman–Crippen LogP) is 4.17. The fourth-order valence-electron chi connectivity index (χ4n) is 4.85. The van der Waals surface area contributed by atoms with Gasteiger partial charge in [-0.15, -0.1) is 0 Å². The highest BCUT2D eigenvalue weighted by atomic mass is 16.5. The van der Waals surface area contributed by atoms with Crippen LogP contribution in [-0.4, -0.2) is 61.7 Å². The van der Waals surface area contributed by atoms with Gasteiger partial charge in [-0.2, -0.15) is 0 Å². The van der Waals surface area contributed by atoms with Crippen LogP contribution in [0.5, 0.6) is 5.75 Å². The molecule has 5 nitrogen and oxygen atoms in total. The lowest BCUT2D eigenvalue weighted by Gasteiger charge is -2.31. The summed E-state index contributed by atoms with van der Waals surface area (Å²) >= 11 is 0. The highest BCUT2D eigenvalue weighted by Gasteiger charge is 2.30. The maximum Gasteiger partial charge on any atom is 0.180 e. The SMILES string of the molecule is CC1=CC=C(Cc2cc3c(c4ccccc24)OCN(C2CCCOC2)CC3=O)CN1C. The Balaban J connectivity index is 1.51. The lowest BCUT2D eigenvalue weighted by molar-refractivity contribution is -0.00514. The molecule has 0 saturated carbocycles. The van der Waals surface area contributed by atoms with Crippen molar-refractivity contribution in [3.63, 3.8) is 0 Å². The molecule has 2 aromatic rings. The lowest BCUT2D eigenvalue weighted by atomic mass is 9.92. The van der Waals surface area contributed by atoms with Crippen LogP contribution in [0.15, 0.2) is 53.8 Å². The normalized spacial score (nSPS) is 22.5. The molecule has 0 aliphatic carbocycles. The Kier molecular flexibility index (Phi) is 5.55. The average molecular weight is 419 g/mol. The summed E-state index contributed by atoms with van der Waals surface area (Å²) in [7, 11) is 2.12. The van der Waals surface area contributed by atoms with Crippen LogP contribution in [0, 0.1) is 0 Å². The van der Waals surface area contributed by atoms with Crippen LogP contribution >= 0.6 is 0 Å². The highest BCUT2D eigenvalue weighted by molar-refractivity contribution is 6.07. The number of hydrogen-bond acceptors (Lipinski definition) is 5. The summed E-state index contributed by atoms with van der Waals surface area (Å²) in [4.78, 5) is 17.8. The molecular formula is C26H30N2O3. The maximum atomic E-state index is 13.3. The van der Waals surface area contributed by atoms with Crippen LogP contribution in [0.2, 0.25) is 0 Å². The first kappa shape index (κ1) is 20.3. The summed E-state index contributed by atoms with van der Waals surface area (Å²) in [5, 5.41) is 2.19. The Morgan fingerprint density at radius 3 is 2.74 bits per heavy atom. The van der Waals surface area contributed by atoms with Crippen LogP contribution in [-0.2, 0) is 11.2 Å². The standard InChI is InChI=1S/C26H30N2O3/c1-18-9-10-19(14-27(18)2)12-20-13-24-25(29)15-28(21-6-5-11-30-16-21)17-31-26(24)23-8-4-3-7-22(20)23/h3-4,7-10,13,21H,5-6,11-12,14-17H2,1-2H3. The van der Waals surface area contributed by atoms with E-state index in [1.165, 1.54) is 22.2 Å². The van der Waals surface area contributed by atoms with Crippen molar-refractivity contribution in [2.24, 2.45) is 0 Å². The van der Waals surface area contributed by atoms with Gasteiger partial charge in [0.2, 0.25) is 0 Å². The number of benzene rings is 2. The molecule has 5 rings (SSSR count). The van der Waals surface area contributed by atoms with Crippen molar-refractivity contribution < 1.29 is 14.3 Å². The number of carbonyl (C=O) groups is 1. The molecule has 31 heavy (non-hydrogen) atoms. The smallest absolute Gasteiger partial charge is 0.180 e. The molecule has 2 aromatic carbocycles. The third-order valence-electron chi connectivity index (χ3n) is 6.78. The molecule has 0 radical (unpaired) electrons. The van der Waals surface area contributed by atoms with Gasteiger partial charge >= 0.3 is 0 Å². The van der Waals surface area contributed by atoms with E-state index in [0.29, 0.717) is 25.4 Å². The van der Waals surface area contributed by atoms with E-state index in [9.17, 15) is 4.79 Å². The third kappa shape index (κ3) is 4.00. The number of rotatable bonds is 3. The van der Waals surface area contributed by atoms with Gasteiger partial charge in [-0.3, -0.25) is 9.69 Å². The monoisotopic (exact) mass is 418 g/mol. The van der Waals surface area contributed by atoms with Gasteiger partial charge in [-0.1, -0.05) is 30.3 Å². The first-order chi connectivity index (χ1) is 15.1. The van der Waals surface area contributed by atoms with Crippen molar-refractivity contribution in [2.45, 2.75) is 32.2 Å². The van der Waals surface area contributed by atoms with Crippen molar-refractivity contribution in [2.75, 3.05) is 40.1 Å². The number of nitrogens with zero attached hydrogens (tertiary/aromatic N) is 2. The lowest BCUT2D eigenvalue weighted by Crippen LogP contribution is -2.44. The summed E-state index contributed by atoms with van der Waals surface area (Å²) in [5.74, 6) is 0.865. The van der Waals surface area contributed by atoms with Crippen molar-refractivity contribution in [1.82, 2.24) is 9.80 Å². The van der Waals surface area contributed by atoms with E-state index in [1.54, 1.807) is 0 Å². The van der Waals surface area contributed by atoms with E-state index in [-0.39, 0.29) is 11.8 Å². The van der Waals surface area contributed by atoms with E-state index in [4.69, 9.17) is 9.47 Å². The van der Waals surface area contributed by atoms with Crippen molar-refractivity contribution >= 4 is 16.6 Å². The van der Waals surface area contributed by atoms with Gasteiger partial charge in [-0.05, 0) is 54.9 Å². The Morgan fingerprint density at radius 1 is 1.13 bits per heavy atom. The average Bonchev–Trinajstić information content (AvgIpc) is 2.96. The van der Waals surface area contributed by atoms with Crippen LogP contribution < -0.4 is 4.74 Å². The fraction of sp³-hybridized carbons (Fsp3) is 0.423. The molecule has 3 aliphatic heterocycles. The Hall–Kier alpha value is -2.63. The van der Waals surface area contributed by atoms with E-state index in [0.717, 1.165) is 43.5 Å². The van der Waals surface area contributed by atoms with Gasteiger partial charge in [0, 0.05) is 37.3 Å². The fourth-order valence-corrected chi connectivity index (χ4v) is 4.85. The van der Waals surface area contributed by atoms with E-state index >= 15 is 0 Å². The number of ether oxygens (including phenoxy) is 2. The molecule has 0 aromatic heterocycles. The first-order valence-electron chi connectivity index (χ1n) is 11.2. The zero-order valence-electron chi connectivity index (χ0n) is 18.4. The van der Waals surface area contributed by atoms with Crippen LogP contribution in [0.4, 0.5) is 0 Å². The molecule has 0 bridgehead atoms. The second-order valence-corrected chi connectivity index (χ2v) is 8.94. The summed E-state index contributed by atoms with van der Waals surface area (Å²) in [6.07, 6.45) is 7.30. The van der Waals surface area contributed by atoms with Gasteiger partial charge in [0.15, 0.2) is 5.78 Å². The van der Waals surface area contributed by atoms with Gasteiger partial charge in [0.05, 0.1) is 18.7 Å². The van der Waals surface area contributed by atoms with Gasteiger partial charge in [-0.25, -0.2) is 0 Å². The minimum atomic E-state index is 0.135. The summed E-state index contributed by atoms with van der Waals surface area (Å²) in [6.45, 7) is 5.33. The molecule has 1 atom stereocenters. The largest absolute Gasteiger partial charge is 0.477 e. The molecule has 162 valence electrons. The van der Waals surface area contributed by atoms with E-state index in [1.807, 2.05) is 6.07 Å². The highest BCUT2D eigenvalue weighted by Crippen LogP contribution is 2.36. The van der Waals surface area contributed by atoms with Gasteiger partial charge in [0.25, 0.3) is 0 Å². The number of Topliss-reactive ketones (excluding diaryl/α,β-unsaturated/α-hetero) is 1. The molecule has 1 fully saturated rings. The van der Waals surface area contributed by atoms with E-state index < -0.39 is 0 Å². The minimum absolute atomic E-state index is 0.135. The number of fused-ring (bicyclic) bond motifs is 3. The molecule has 0 N–H and O–H groups in total. The predicted molar refractivity (Wildman–Crippen MR) is 122 cm³/mol. The van der Waals surface area contributed by atoms with E-state index in [2.05, 4.69) is 60.2 Å². The second kappa shape index (κ2) is 8.48. The Morgan fingerprint density at radius 2 is 1.97 bits per heavy atom. The number of hydrogen-bond donors (Lipinski definition) is 0. The van der Waals surface area contributed by atoms with Gasteiger partial charge < -0.3 is 14.4 Å². The maximum absolute atomic E-state index is 13.3. The minimum Gasteiger partial charge on any atom is -0.477 e. The van der Waals surface area contributed by atoms with Crippen LogP contribution in [0.1, 0.15) is 35.7 Å². The Labute approximate surface area is 183 Å². The number of ketones is 1. The van der Waals surface area contributed by atoms with Crippen LogP contribution in [0.3, 0.4) is 0 Å². The molecule has 3 heterocycles.